The van der Waals surface area contributed by atoms with Crippen molar-refractivity contribution in [3.8, 4) is 0 Å². The van der Waals surface area contributed by atoms with Crippen molar-refractivity contribution in [2.24, 2.45) is 7.05 Å². The lowest BCUT2D eigenvalue weighted by Crippen LogP contribution is -2.30. The zero-order valence-electron chi connectivity index (χ0n) is 10.6. The van der Waals surface area contributed by atoms with Crippen molar-refractivity contribution < 1.29 is 8.42 Å². The molecule has 0 spiro atoms. The number of rotatable bonds is 4. The maximum atomic E-state index is 11.7. The average molecular weight is 268 g/mol. The van der Waals surface area contributed by atoms with Gasteiger partial charge in [0.2, 0.25) is 0 Å². The number of benzene rings is 1. The van der Waals surface area contributed by atoms with Gasteiger partial charge in [0.1, 0.15) is 0 Å². The molecule has 1 aromatic carbocycles. The van der Waals surface area contributed by atoms with E-state index in [-0.39, 0.29) is 0 Å². The van der Waals surface area contributed by atoms with Crippen molar-refractivity contribution in [3.63, 3.8) is 0 Å². The van der Waals surface area contributed by atoms with Gasteiger partial charge >= 0.3 is 0 Å². The molecular formula is C11H16N4O2S. The van der Waals surface area contributed by atoms with E-state index in [1.165, 1.54) is 0 Å². The summed E-state index contributed by atoms with van der Waals surface area (Å²) in [4.78, 5) is 0. The summed E-state index contributed by atoms with van der Waals surface area (Å²) < 4.78 is 29.8. The van der Waals surface area contributed by atoms with Gasteiger partial charge in [0, 0.05) is 19.0 Å². The van der Waals surface area contributed by atoms with Crippen LogP contribution >= 0.6 is 0 Å². The predicted molar refractivity (Wildman–Crippen MR) is 71.7 cm³/mol. The maximum Gasteiger partial charge on any atom is 0.300 e. The van der Waals surface area contributed by atoms with E-state index in [2.05, 4.69) is 14.5 Å². The highest BCUT2D eigenvalue weighted by Gasteiger charge is 2.15. The minimum Gasteiger partial charge on any atom is -0.266 e. The molecule has 0 aliphatic heterocycles. The van der Waals surface area contributed by atoms with Crippen molar-refractivity contribution in [3.05, 3.63) is 23.8 Å². The fourth-order valence-electron chi connectivity index (χ4n) is 1.96. The summed E-state index contributed by atoms with van der Waals surface area (Å²) in [5.41, 5.74) is 1.98. The van der Waals surface area contributed by atoms with Gasteiger partial charge in [-0.3, -0.25) is 9.40 Å². The largest absolute Gasteiger partial charge is 0.300 e. The molecule has 98 valence electrons. The van der Waals surface area contributed by atoms with Crippen LogP contribution in [-0.4, -0.2) is 24.7 Å². The minimum atomic E-state index is -3.55. The molecule has 0 saturated heterocycles. The van der Waals surface area contributed by atoms with Crippen molar-refractivity contribution in [1.82, 2.24) is 14.5 Å². The first-order valence-corrected chi connectivity index (χ1v) is 7.12. The van der Waals surface area contributed by atoms with Gasteiger partial charge < -0.3 is 0 Å². The van der Waals surface area contributed by atoms with Crippen LogP contribution in [0.5, 0.6) is 0 Å². The van der Waals surface area contributed by atoms with E-state index in [1.54, 1.807) is 18.7 Å². The first-order chi connectivity index (χ1) is 8.44. The Bertz CT molecular complexity index is 676. The number of fused-ring (bicyclic) bond motifs is 1. The summed E-state index contributed by atoms with van der Waals surface area (Å²) >= 11 is 0. The number of hydrogen-bond donors (Lipinski definition) is 2. The Kier molecular flexibility index (Phi) is 3.27. The van der Waals surface area contributed by atoms with Crippen LogP contribution in [0, 0.1) is 6.92 Å². The zero-order chi connectivity index (χ0) is 13.3. The van der Waals surface area contributed by atoms with Crippen LogP contribution in [-0.2, 0) is 17.3 Å². The first kappa shape index (κ1) is 12.8. The Morgan fingerprint density at radius 2 is 2.11 bits per heavy atom. The van der Waals surface area contributed by atoms with Crippen LogP contribution in [0.1, 0.15) is 12.5 Å². The fourth-order valence-corrected chi connectivity index (χ4v) is 2.82. The lowest BCUT2D eigenvalue weighted by atomic mass is 10.1. The first-order valence-electron chi connectivity index (χ1n) is 5.64. The second-order valence-electron chi connectivity index (χ2n) is 4.05. The molecule has 0 saturated carbocycles. The van der Waals surface area contributed by atoms with Gasteiger partial charge in [0.15, 0.2) is 5.82 Å². The number of nitrogens with zero attached hydrogens (tertiary/aromatic N) is 2. The third kappa shape index (κ3) is 2.32. The molecule has 0 bridgehead atoms. The van der Waals surface area contributed by atoms with Crippen molar-refractivity contribution in [2.45, 2.75) is 13.8 Å². The van der Waals surface area contributed by atoms with E-state index in [0.29, 0.717) is 12.4 Å². The van der Waals surface area contributed by atoms with Crippen LogP contribution in [0.4, 0.5) is 5.82 Å². The van der Waals surface area contributed by atoms with E-state index < -0.39 is 10.2 Å². The molecule has 1 heterocycles. The topological polar surface area (TPSA) is 76.0 Å². The normalized spacial score (nSPS) is 11.9. The van der Waals surface area contributed by atoms with Crippen LogP contribution in [0.3, 0.4) is 0 Å². The molecule has 0 fully saturated rings. The molecule has 2 N–H and O–H groups in total. The second kappa shape index (κ2) is 4.58. The highest BCUT2D eigenvalue weighted by atomic mass is 32.2. The summed E-state index contributed by atoms with van der Waals surface area (Å²) in [6.45, 7) is 4.02. The number of para-hydroxylation sites is 1. The lowest BCUT2D eigenvalue weighted by Gasteiger charge is -2.05. The van der Waals surface area contributed by atoms with Gasteiger partial charge in [-0.15, -0.1) is 0 Å². The van der Waals surface area contributed by atoms with Gasteiger partial charge in [-0.05, 0) is 18.6 Å². The molecule has 1 aromatic heterocycles. The van der Waals surface area contributed by atoms with E-state index in [1.807, 2.05) is 25.1 Å². The Balaban J connectivity index is 2.51. The summed E-state index contributed by atoms with van der Waals surface area (Å²) in [6.07, 6.45) is 0. The third-order valence-electron chi connectivity index (χ3n) is 2.63. The second-order valence-corrected chi connectivity index (χ2v) is 5.55. The molecule has 2 rings (SSSR count). The van der Waals surface area contributed by atoms with Crippen molar-refractivity contribution >= 4 is 26.9 Å². The highest BCUT2D eigenvalue weighted by Crippen LogP contribution is 2.25. The molecule has 6 nitrogen and oxygen atoms in total. The van der Waals surface area contributed by atoms with E-state index in [0.717, 1.165) is 16.5 Å². The maximum absolute atomic E-state index is 11.7. The molecule has 7 heteroatoms. The number of aryl methyl sites for hydroxylation is 2. The summed E-state index contributed by atoms with van der Waals surface area (Å²) in [5, 5.41) is 5.00. The number of anilines is 1. The monoisotopic (exact) mass is 268 g/mol. The predicted octanol–water partition coefficient (Wildman–Crippen LogP) is 1.15. The smallest absolute Gasteiger partial charge is 0.266 e. The number of nitrogens with one attached hydrogen (secondary N) is 2. The van der Waals surface area contributed by atoms with E-state index in [9.17, 15) is 8.42 Å². The number of hydrogen-bond acceptors (Lipinski definition) is 3. The molecule has 0 aliphatic rings. The number of aromatic nitrogens is 2. The Morgan fingerprint density at radius 3 is 2.78 bits per heavy atom. The van der Waals surface area contributed by atoms with Gasteiger partial charge in [-0.2, -0.15) is 18.2 Å². The van der Waals surface area contributed by atoms with Crippen molar-refractivity contribution in [1.29, 1.82) is 0 Å². The summed E-state index contributed by atoms with van der Waals surface area (Å²) in [5.74, 6) is 0.345. The zero-order valence-corrected chi connectivity index (χ0v) is 11.4. The minimum absolute atomic E-state index is 0.332. The molecule has 18 heavy (non-hydrogen) atoms. The highest BCUT2D eigenvalue weighted by molar-refractivity contribution is 7.90. The van der Waals surface area contributed by atoms with Crippen LogP contribution < -0.4 is 9.44 Å². The molecule has 2 aromatic rings. The SMILES string of the molecule is CCNS(=O)(=O)Nc1nn(C)c2c(C)cccc12. The Morgan fingerprint density at radius 1 is 1.39 bits per heavy atom. The fraction of sp³-hybridized carbons (Fsp3) is 0.364. The lowest BCUT2D eigenvalue weighted by molar-refractivity contribution is 0.589. The standard InChI is InChI=1S/C11H16N4O2S/c1-4-12-18(16,17)14-11-9-7-5-6-8(2)10(9)15(3)13-11/h5-7,12H,4H2,1-3H3,(H,13,14). The Hall–Kier alpha value is -1.60. The molecule has 0 radical (unpaired) electrons. The molecular weight excluding hydrogens is 252 g/mol. The third-order valence-corrected chi connectivity index (χ3v) is 3.76. The van der Waals surface area contributed by atoms with E-state index in [4.69, 9.17) is 0 Å². The van der Waals surface area contributed by atoms with Crippen LogP contribution in [0.15, 0.2) is 18.2 Å². The molecule has 0 aliphatic carbocycles. The average Bonchev–Trinajstić information content (AvgIpc) is 2.56. The van der Waals surface area contributed by atoms with Gasteiger partial charge in [-0.25, -0.2) is 0 Å². The van der Waals surface area contributed by atoms with Crippen LogP contribution in [0.25, 0.3) is 10.9 Å². The summed E-state index contributed by atoms with van der Waals surface area (Å²) in [6, 6.07) is 5.69. The van der Waals surface area contributed by atoms with E-state index >= 15 is 0 Å². The molecule has 0 unspecified atom stereocenters. The quantitative estimate of drug-likeness (QED) is 0.873. The van der Waals surface area contributed by atoms with Gasteiger partial charge in [0.25, 0.3) is 10.2 Å². The molecule has 0 amide bonds. The van der Waals surface area contributed by atoms with Crippen molar-refractivity contribution in [2.75, 3.05) is 11.3 Å². The Labute approximate surface area is 106 Å². The van der Waals surface area contributed by atoms with Crippen LogP contribution in [0.2, 0.25) is 0 Å². The summed E-state index contributed by atoms with van der Waals surface area (Å²) in [7, 11) is -1.76. The van der Waals surface area contributed by atoms with Gasteiger partial charge in [-0.1, -0.05) is 19.1 Å². The van der Waals surface area contributed by atoms with Gasteiger partial charge in [0.05, 0.1) is 5.52 Å². The molecule has 0 atom stereocenters.